The molecule has 4 heteroatoms. The Kier molecular flexibility index (Phi) is 2.22. The summed E-state index contributed by atoms with van der Waals surface area (Å²) in [5, 5.41) is 3.22. The Bertz CT molecular complexity index is 528. The van der Waals surface area contributed by atoms with Crippen LogP contribution in [0.3, 0.4) is 0 Å². The van der Waals surface area contributed by atoms with Gasteiger partial charge in [0.05, 0.1) is 23.9 Å². The van der Waals surface area contributed by atoms with Crippen LogP contribution in [0.25, 0.3) is 11.0 Å². The van der Waals surface area contributed by atoms with Gasteiger partial charge in [0.1, 0.15) is 0 Å². The monoisotopic (exact) mass is 215 g/mol. The first-order valence-electron chi connectivity index (χ1n) is 5.52. The number of benzene rings is 1. The molecule has 1 aromatic heterocycles. The summed E-state index contributed by atoms with van der Waals surface area (Å²) in [6.45, 7) is 0.435. The van der Waals surface area contributed by atoms with Gasteiger partial charge in [-0.3, -0.25) is 4.79 Å². The highest BCUT2D eigenvalue weighted by molar-refractivity contribution is 6.00. The Morgan fingerprint density at radius 2 is 2.38 bits per heavy atom. The van der Waals surface area contributed by atoms with E-state index < -0.39 is 0 Å². The minimum atomic E-state index is 0.142. The number of imidazole rings is 1. The van der Waals surface area contributed by atoms with Crippen LogP contribution >= 0.6 is 0 Å². The molecule has 1 saturated carbocycles. The standard InChI is InChI=1S/C12H13N3O/c16-12(6-13-9-2-3-9)8-1-4-10-11(5-8)15-7-14-10/h1,4-5,7,9,13H,2-3,6H2,(H,14,15). The van der Waals surface area contributed by atoms with Gasteiger partial charge in [-0.15, -0.1) is 0 Å². The SMILES string of the molecule is O=C(CNC1CC1)c1ccc2nc[nH]c2c1. The molecule has 16 heavy (non-hydrogen) atoms. The average Bonchev–Trinajstić information content (AvgIpc) is 3.01. The Morgan fingerprint density at radius 3 is 3.19 bits per heavy atom. The highest BCUT2D eigenvalue weighted by atomic mass is 16.1. The van der Waals surface area contributed by atoms with Gasteiger partial charge >= 0.3 is 0 Å². The summed E-state index contributed by atoms with van der Waals surface area (Å²) in [4.78, 5) is 19.0. The van der Waals surface area contributed by atoms with E-state index in [9.17, 15) is 4.79 Å². The zero-order valence-electron chi connectivity index (χ0n) is 8.86. The van der Waals surface area contributed by atoms with Gasteiger partial charge in [0.15, 0.2) is 5.78 Å². The van der Waals surface area contributed by atoms with E-state index in [4.69, 9.17) is 0 Å². The quantitative estimate of drug-likeness (QED) is 0.760. The maximum Gasteiger partial charge on any atom is 0.176 e. The molecule has 2 aromatic rings. The molecule has 1 fully saturated rings. The number of fused-ring (bicyclic) bond motifs is 1. The molecular formula is C12H13N3O. The second kappa shape index (κ2) is 3.72. The second-order valence-corrected chi connectivity index (χ2v) is 4.21. The summed E-state index contributed by atoms with van der Waals surface area (Å²) < 4.78 is 0. The maximum absolute atomic E-state index is 11.8. The van der Waals surface area contributed by atoms with Crippen LogP contribution in [0.15, 0.2) is 24.5 Å². The van der Waals surface area contributed by atoms with Gasteiger partial charge in [-0.05, 0) is 31.0 Å². The van der Waals surface area contributed by atoms with Crippen molar-refractivity contribution in [3.63, 3.8) is 0 Å². The largest absolute Gasteiger partial charge is 0.345 e. The van der Waals surface area contributed by atoms with Gasteiger partial charge in [-0.2, -0.15) is 0 Å². The number of nitrogens with one attached hydrogen (secondary N) is 2. The van der Waals surface area contributed by atoms with E-state index in [0.29, 0.717) is 12.6 Å². The van der Waals surface area contributed by atoms with Crippen molar-refractivity contribution in [1.29, 1.82) is 0 Å². The molecular weight excluding hydrogens is 202 g/mol. The van der Waals surface area contributed by atoms with Crippen LogP contribution < -0.4 is 5.32 Å². The van der Waals surface area contributed by atoms with Crippen LogP contribution in [0.4, 0.5) is 0 Å². The van der Waals surface area contributed by atoms with Gasteiger partial charge in [0.25, 0.3) is 0 Å². The number of carbonyl (C=O) groups excluding carboxylic acids is 1. The van der Waals surface area contributed by atoms with Crippen molar-refractivity contribution in [2.45, 2.75) is 18.9 Å². The molecule has 1 aromatic carbocycles. The summed E-state index contributed by atoms with van der Waals surface area (Å²) in [5.74, 6) is 0.142. The lowest BCUT2D eigenvalue weighted by Crippen LogP contribution is -2.24. The van der Waals surface area contributed by atoms with Crippen molar-refractivity contribution in [1.82, 2.24) is 15.3 Å². The number of aromatic amines is 1. The molecule has 0 aliphatic heterocycles. The fourth-order valence-corrected chi connectivity index (χ4v) is 1.74. The van der Waals surface area contributed by atoms with Gasteiger partial charge in [-0.1, -0.05) is 0 Å². The maximum atomic E-state index is 11.8. The lowest BCUT2D eigenvalue weighted by molar-refractivity contribution is 0.0990. The van der Waals surface area contributed by atoms with Crippen LogP contribution in [-0.2, 0) is 0 Å². The van der Waals surface area contributed by atoms with E-state index in [1.807, 2.05) is 18.2 Å². The van der Waals surface area contributed by atoms with E-state index in [2.05, 4.69) is 15.3 Å². The third kappa shape index (κ3) is 1.84. The molecule has 1 heterocycles. The number of aromatic nitrogens is 2. The molecule has 1 aliphatic rings. The summed E-state index contributed by atoms with van der Waals surface area (Å²) in [7, 11) is 0. The number of hydrogen-bond acceptors (Lipinski definition) is 3. The van der Waals surface area contributed by atoms with Crippen LogP contribution in [0.1, 0.15) is 23.2 Å². The Labute approximate surface area is 93.1 Å². The first-order valence-corrected chi connectivity index (χ1v) is 5.52. The van der Waals surface area contributed by atoms with E-state index in [0.717, 1.165) is 16.6 Å². The predicted octanol–water partition coefficient (Wildman–Crippen LogP) is 1.50. The molecule has 0 bridgehead atoms. The topological polar surface area (TPSA) is 57.8 Å². The lowest BCUT2D eigenvalue weighted by atomic mass is 10.1. The first kappa shape index (κ1) is 9.54. The van der Waals surface area contributed by atoms with Crippen molar-refractivity contribution < 1.29 is 4.79 Å². The van der Waals surface area contributed by atoms with Gasteiger partial charge < -0.3 is 10.3 Å². The molecule has 1 aliphatic carbocycles. The van der Waals surface area contributed by atoms with Crippen molar-refractivity contribution in [2.75, 3.05) is 6.54 Å². The molecule has 0 amide bonds. The van der Waals surface area contributed by atoms with Crippen LogP contribution in [0.2, 0.25) is 0 Å². The molecule has 2 N–H and O–H groups in total. The summed E-state index contributed by atoms with van der Waals surface area (Å²) in [5.41, 5.74) is 2.55. The van der Waals surface area contributed by atoms with Crippen molar-refractivity contribution in [3.05, 3.63) is 30.1 Å². The number of carbonyl (C=O) groups is 1. The molecule has 0 spiro atoms. The molecule has 0 atom stereocenters. The van der Waals surface area contributed by atoms with Gasteiger partial charge in [0.2, 0.25) is 0 Å². The van der Waals surface area contributed by atoms with Crippen molar-refractivity contribution in [2.24, 2.45) is 0 Å². The Hall–Kier alpha value is -1.68. The molecule has 0 saturated heterocycles. The molecule has 0 unspecified atom stereocenters. The number of rotatable bonds is 4. The third-order valence-electron chi connectivity index (χ3n) is 2.87. The highest BCUT2D eigenvalue weighted by Crippen LogP contribution is 2.18. The van der Waals surface area contributed by atoms with Crippen LogP contribution in [0.5, 0.6) is 0 Å². The highest BCUT2D eigenvalue weighted by Gasteiger charge is 2.21. The van der Waals surface area contributed by atoms with E-state index in [1.165, 1.54) is 12.8 Å². The van der Waals surface area contributed by atoms with Crippen LogP contribution in [0, 0.1) is 0 Å². The molecule has 0 radical (unpaired) electrons. The minimum Gasteiger partial charge on any atom is -0.345 e. The second-order valence-electron chi connectivity index (χ2n) is 4.21. The number of Topliss-reactive ketones (excluding diaryl/α,β-unsaturated/α-hetero) is 1. The Balaban J connectivity index is 1.78. The zero-order valence-corrected chi connectivity index (χ0v) is 8.86. The normalized spacial score (nSPS) is 15.5. The molecule has 4 nitrogen and oxygen atoms in total. The van der Waals surface area contributed by atoms with Gasteiger partial charge in [-0.25, -0.2) is 4.98 Å². The van der Waals surface area contributed by atoms with Crippen molar-refractivity contribution in [3.8, 4) is 0 Å². The summed E-state index contributed by atoms with van der Waals surface area (Å²) >= 11 is 0. The number of hydrogen-bond donors (Lipinski definition) is 2. The van der Waals surface area contributed by atoms with E-state index in [-0.39, 0.29) is 5.78 Å². The fraction of sp³-hybridized carbons (Fsp3) is 0.333. The summed E-state index contributed by atoms with van der Waals surface area (Å²) in [6, 6.07) is 6.13. The average molecular weight is 215 g/mol. The zero-order chi connectivity index (χ0) is 11.0. The smallest absolute Gasteiger partial charge is 0.176 e. The van der Waals surface area contributed by atoms with Gasteiger partial charge in [0, 0.05) is 11.6 Å². The number of H-pyrrole nitrogens is 1. The molecule has 3 rings (SSSR count). The molecule has 82 valence electrons. The van der Waals surface area contributed by atoms with E-state index in [1.54, 1.807) is 6.33 Å². The Morgan fingerprint density at radius 1 is 1.50 bits per heavy atom. The lowest BCUT2D eigenvalue weighted by Gasteiger charge is -2.02. The summed E-state index contributed by atoms with van der Waals surface area (Å²) in [6.07, 6.45) is 4.04. The van der Waals surface area contributed by atoms with Crippen LogP contribution in [-0.4, -0.2) is 28.3 Å². The number of nitrogens with zero attached hydrogens (tertiary/aromatic N) is 1. The van der Waals surface area contributed by atoms with E-state index >= 15 is 0 Å². The predicted molar refractivity (Wildman–Crippen MR) is 61.4 cm³/mol. The first-order chi connectivity index (χ1) is 7.83. The minimum absolute atomic E-state index is 0.142. The van der Waals surface area contributed by atoms with Crippen molar-refractivity contribution >= 4 is 16.8 Å². The number of ketones is 1. The fourth-order valence-electron chi connectivity index (χ4n) is 1.74. The third-order valence-corrected chi connectivity index (χ3v) is 2.87.